The Kier molecular flexibility index (Phi) is 5.67. The van der Waals surface area contributed by atoms with Crippen LogP contribution < -0.4 is 5.32 Å². The van der Waals surface area contributed by atoms with E-state index in [4.69, 9.17) is 0 Å². The van der Waals surface area contributed by atoms with Gasteiger partial charge in [0.05, 0.1) is 10.7 Å². The quantitative estimate of drug-likeness (QED) is 0.649. The van der Waals surface area contributed by atoms with Crippen molar-refractivity contribution in [3.8, 4) is 6.07 Å². The standard InChI is InChI=1S/C18H19N3OS/c1-4-12(2)14-5-7-16(8-6-14)21-18(22)15(10-19)9-17-11-23-13(3)20-17/h5-9,11-12H,4H2,1-3H3,(H,21,22)/b15-9+/t12-/m0/s1. The van der Waals surface area contributed by atoms with Crippen LogP contribution in [0.3, 0.4) is 0 Å². The van der Waals surface area contributed by atoms with E-state index in [1.807, 2.05) is 42.6 Å². The summed E-state index contributed by atoms with van der Waals surface area (Å²) in [5, 5.41) is 14.7. The molecule has 1 N–H and O–H groups in total. The summed E-state index contributed by atoms with van der Waals surface area (Å²) in [6.07, 6.45) is 2.58. The molecule has 0 aliphatic rings. The van der Waals surface area contributed by atoms with Crippen LogP contribution in [0.25, 0.3) is 6.08 Å². The molecule has 1 atom stereocenters. The van der Waals surface area contributed by atoms with Gasteiger partial charge < -0.3 is 5.32 Å². The number of anilines is 1. The van der Waals surface area contributed by atoms with Gasteiger partial charge in [-0.25, -0.2) is 4.98 Å². The molecule has 1 amide bonds. The van der Waals surface area contributed by atoms with Gasteiger partial charge >= 0.3 is 0 Å². The first kappa shape index (κ1) is 16.9. The number of aromatic nitrogens is 1. The van der Waals surface area contributed by atoms with Gasteiger partial charge in [0.15, 0.2) is 0 Å². The first-order valence-electron chi connectivity index (χ1n) is 7.48. The van der Waals surface area contributed by atoms with Crippen LogP contribution in [-0.4, -0.2) is 10.9 Å². The predicted molar refractivity (Wildman–Crippen MR) is 94.2 cm³/mol. The molecule has 5 heteroatoms. The smallest absolute Gasteiger partial charge is 0.266 e. The molecule has 0 unspecified atom stereocenters. The van der Waals surface area contributed by atoms with Crippen LogP contribution in [0.1, 0.15) is 42.5 Å². The van der Waals surface area contributed by atoms with E-state index in [9.17, 15) is 10.1 Å². The summed E-state index contributed by atoms with van der Waals surface area (Å²) in [4.78, 5) is 16.4. The van der Waals surface area contributed by atoms with E-state index in [1.54, 1.807) is 0 Å². The van der Waals surface area contributed by atoms with E-state index in [2.05, 4.69) is 24.1 Å². The molecule has 0 fully saturated rings. The van der Waals surface area contributed by atoms with Crippen molar-refractivity contribution >= 4 is 29.0 Å². The number of nitriles is 1. The minimum absolute atomic E-state index is 0.0429. The normalized spacial score (nSPS) is 12.5. The van der Waals surface area contributed by atoms with Crippen LogP contribution in [0.4, 0.5) is 5.69 Å². The van der Waals surface area contributed by atoms with E-state index in [0.717, 1.165) is 11.4 Å². The summed E-state index contributed by atoms with van der Waals surface area (Å²) in [7, 11) is 0. The molecular weight excluding hydrogens is 306 g/mol. The Morgan fingerprint density at radius 3 is 2.65 bits per heavy atom. The van der Waals surface area contributed by atoms with Crippen molar-refractivity contribution in [2.75, 3.05) is 5.32 Å². The van der Waals surface area contributed by atoms with E-state index >= 15 is 0 Å². The molecule has 2 aromatic rings. The number of amides is 1. The van der Waals surface area contributed by atoms with Gasteiger partial charge in [-0.15, -0.1) is 11.3 Å². The SMILES string of the molecule is CC[C@H](C)c1ccc(NC(=O)/C(C#N)=C/c2csc(C)n2)cc1. The monoisotopic (exact) mass is 325 g/mol. The minimum atomic E-state index is -0.422. The Morgan fingerprint density at radius 2 is 2.13 bits per heavy atom. The van der Waals surface area contributed by atoms with E-state index in [1.165, 1.54) is 23.0 Å². The highest BCUT2D eigenvalue weighted by molar-refractivity contribution is 7.09. The maximum atomic E-state index is 12.2. The van der Waals surface area contributed by atoms with Gasteiger partial charge in [-0.3, -0.25) is 4.79 Å². The third-order valence-corrected chi connectivity index (χ3v) is 4.44. The van der Waals surface area contributed by atoms with Gasteiger partial charge in [0, 0.05) is 11.1 Å². The molecule has 0 radical (unpaired) electrons. The third kappa shape index (κ3) is 4.51. The number of nitrogens with zero attached hydrogens (tertiary/aromatic N) is 2. The number of thiazole rings is 1. The van der Waals surface area contributed by atoms with Crippen LogP contribution in [0.2, 0.25) is 0 Å². The fraction of sp³-hybridized carbons (Fsp3) is 0.278. The van der Waals surface area contributed by atoms with Crippen molar-refractivity contribution in [1.29, 1.82) is 5.26 Å². The van der Waals surface area contributed by atoms with Gasteiger partial charge in [0.25, 0.3) is 5.91 Å². The topological polar surface area (TPSA) is 65.8 Å². The molecule has 118 valence electrons. The maximum Gasteiger partial charge on any atom is 0.266 e. The average Bonchev–Trinajstić information content (AvgIpc) is 2.97. The first-order valence-corrected chi connectivity index (χ1v) is 8.36. The molecule has 0 spiro atoms. The Balaban J connectivity index is 2.11. The Hall–Kier alpha value is -2.45. The fourth-order valence-corrected chi connectivity index (χ4v) is 2.64. The lowest BCUT2D eigenvalue weighted by molar-refractivity contribution is -0.112. The van der Waals surface area contributed by atoms with E-state index < -0.39 is 5.91 Å². The summed E-state index contributed by atoms with van der Waals surface area (Å²) < 4.78 is 0. The van der Waals surface area contributed by atoms with Gasteiger partial charge in [0.1, 0.15) is 11.6 Å². The second-order valence-electron chi connectivity index (χ2n) is 5.35. The highest BCUT2D eigenvalue weighted by Gasteiger charge is 2.11. The summed E-state index contributed by atoms with van der Waals surface area (Å²) in [5.74, 6) is 0.0664. The van der Waals surface area contributed by atoms with Crippen LogP contribution in [0, 0.1) is 18.3 Å². The largest absolute Gasteiger partial charge is 0.321 e. The second kappa shape index (κ2) is 7.70. The van der Waals surface area contributed by atoms with Crippen molar-refractivity contribution in [3.05, 3.63) is 51.5 Å². The van der Waals surface area contributed by atoms with E-state index in [0.29, 0.717) is 17.3 Å². The fourth-order valence-electron chi connectivity index (χ4n) is 2.07. The summed E-state index contributed by atoms with van der Waals surface area (Å²) in [5.41, 5.74) is 2.59. The molecule has 1 heterocycles. The highest BCUT2D eigenvalue weighted by atomic mass is 32.1. The summed E-state index contributed by atoms with van der Waals surface area (Å²) in [6.45, 7) is 6.19. The summed E-state index contributed by atoms with van der Waals surface area (Å²) in [6, 6.07) is 9.66. The zero-order chi connectivity index (χ0) is 16.8. The Labute approximate surface area is 140 Å². The lowest BCUT2D eigenvalue weighted by Crippen LogP contribution is -2.13. The third-order valence-electron chi connectivity index (χ3n) is 3.64. The molecule has 0 saturated carbocycles. The van der Waals surface area contributed by atoms with E-state index in [-0.39, 0.29) is 5.57 Å². The van der Waals surface area contributed by atoms with Crippen molar-refractivity contribution in [1.82, 2.24) is 4.98 Å². The van der Waals surface area contributed by atoms with Crippen LogP contribution in [0.5, 0.6) is 0 Å². The lowest BCUT2D eigenvalue weighted by Gasteiger charge is -2.10. The number of aryl methyl sites for hydroxylation is 1. The van der Waals surface area contributed by atoms with Crippen molar-refractivity contribution in [2.45, 2.75) is 33.1 Å². The highest BCUT2D eigenvalue weighted by Crippen LogP contribution is 2.21. The molecule has 0 aliphatic carbocycles. The van der Waals surface area contributed by atoms with Crippen LogP contribution in [-0.2, 0) is 4.79 Å². The van der Waals surface area contributed by atoms with Gasteiger partial charge in [-0.2, -0.15) is 5.26 Å². The van der Waals surface area contributed by atoms with Gasteiger partial charge in [0.2, 0.25) is 0 Å². The maximum absolute atomic E-state index is 12.2. The van der Waals surface area contributed by atoms with Crippen molar-refractivity contribution in [3.63, 3.8) is 0 Å². The lowest BCUT2D eigenvalue weighted by atomic mass is 9.98. The van der Waals surface area contributed by atoms with Crippen molar-refractivity contribution < 1.29 is 4.79 Å². The Morgan fingerprint density at radius 1 is 1.43 bits per heavy atom. The molecule has 2 rings (SSSR count). The average molecular weight is 325 g/mol. The van der Waals surface area contributed by atoms with Gasteiger partial charge in [-0.1, -0.05) is 26.0 Å². The number of benzene rings is 1. The molecule has 23 heavy (non-hydrogen) atoms. The Bertz CT molecular complexity index is 753. The first-order chi connectivity index (χ1) is 11.0. The number of hydrogen-bond acceptors (Lipinski definition) is 4. The number of carbonyl (C=O) groups excluding carboxylic acids is 1. The molecule has 0 bridgehead atoms. The molecule has 4 nitrogen and oxygen atoms in total. The predicted octanol–water partition coefficient (Wildman–Crippen LogP) is 4.51. The second-order valence-corrected chi connectivity index (χ2v) is 6.41. The minimum Gasteiger partial charge on any atom is -0.321 e. The number of nitrogens with one attached hydrogen (secondary N) is 1. The zero-order valence-corrected chi connectivity index (χ0v) is 14.3. The molecule has 0 saturated heterocycles. The molecule has 1 aromatic carbocycles. The summed E-state index contributed by atoms with van der Waals surface area (Å²) >= 11 is 1.48. The van der Waals surface area contributed by atoms with Crippen LogP contribution >= 0.6 is 11.3 Å². The van der Waals surface area contributed by atoms with Crippen molar-refractivity contribution in [2.24, 2.45) is 0 Å². The number of carbonyl (C=O) groups is 1. The molecule has 0 aliphatic heterocycles. The number of rotatable bonds is 5. The zero-order valence-electron chi connectivity index (χ0n) is 13.5. The van der Waals surface area contributed by atoms with Crippen LogP contribution in [0.15, 0.2) is 35.2 Å². The molecule has 1 aromatic heterocycles. The number of hydrogen-bond donors (Lipinski definition) is 1. The van der Waals surface area contributed by atoms with Gasteiger partial charge in [-0.05, 0) is 43.0 Å². The molecular formula is C18H19N3OS.